The first-order chi connectivity index (χ1) is 9.72. The van der Waals surface area contributed by atoms with Crippen molar-refractivity contribution in [1.29, 1.82) is 0 Å². The number of para-hydroxylation sites is 1. The summed E-state index contributed by atoms with van der Waals surface area (Å²) in [6.07, 6.45) is 0. The molecule has 3 aromatic rings. The fraction of sp³-hybridized carbons (Fsp3) is 0.188. The van der Waals surface area contributed by atoms with Gasteiger partial charge in [-0.15, -0.1) is 11.3 Å². The zero-order valence-corrected chi connectivity index (χ0v) is 12.0. The molecule has 0 fully saturated rings. The molecule has 102 valence electrons. The Labute approximate surface area is 121 Å². The largest absolute Gasteiger partial charge is 0.304 e. The third-order valence-electron chi connectivity index (χ3n) is 3.18. The number of hydrogen-bond acceptors (Lipinski definition) is 3. The van der Waals surface area contributed by atoms with Gasteiger partial charge in [0, 0.05) is 6.54 Å². The van der Waals surface area contributed by atoms with Gasteiger partial charge in [0.05, 0.1) is 16.3 Å². The molecule has 0 saturated heterocycles. The van der Waals surface area contributed by atoms with Crippen molar-refractivity contribution in [3.63, 3.8) is 0 Å². The average Bonchev–Trinajstić information content (AvgIpc) is 2.89. The summed E-state index contributed by atoms with van der Waals surface area (Å²) >= 11 is 1.70. The molecule has 4 heteroatoms. The Hall–Kier alpha value is -1.78. The Balaban J connectivity index is 1.71. The smallest absolute Gasteiger partial charge is 0.123 e. The van der Waals surface area contributed by atoms with Gasteiger partial charge >= 0.3 is 0 Å². The molecule has 0 spiro atoms. The molecule has 3 rings (SSSR count). The molecule has 0 aliphatic carbocycles. The van der Waals surface area contributed by atoms with Crippen LogP contribution in [-0.4, -0.2) is 4.98 Å². The number of nitrogens with one attached hydrogen (secondary N) is 1. The number of aromatic nitrogens is 1. The van der Waals surface area contributed by atoms with Crippen molar-refractivity contribution in [1.82, 2.24) is 10.3 Å². The average molecular weight is 286 g/mol. The van der Waals surface area contributed by atoms with Crippen molar-refractivity contribution in [3.8, 4) is 0 Å². The summed E-state index contributed by atoms with van der Waals surface area (Å²) < 4.78 is 14.3. The van der Waals surface area contributed by atoms with Crippen LogP contribution in [0.4, 0.5) is 4.39 Å². The third kappa shape index (κ3) is 2.86. The minimum atomic E-state index is -0.197. The lowest BCUT2D eigenvalue weighted by Gasteiger charge is -2.10. The maximum Gasteiger partial charge on any atom is 0.123 e. The molecule has 20 heavy (non-hydrogen) atoms. The second-order valence-electron chi connectivity index (χ2n) is 4.75. The molecule has 0 amide bonds. The van der Waals surface area contributed by atoms with Crippen molar-refractivity contribution < 1.29 is 4.39 Å². The number of hydrogen-bond donors (Lipinski definition) is 1. The van der Waals surface area contributed by atoms with Crippen LogP contribution in [0, 0.1) is 5.82 Å². The van der Waals surface area contributed by atoms with Gasteiger partial charge in [-0.1, -0.05) is 24.3 Å². The fourth-order valence-electron chi connectivity index (χ4n) is 2.08. The second kappa shape index (κ2) is 5.69. The van der Waals surface area contributed by atoms with Crippen LogP contribution in [0.25, 0.3) is 10.2 Å². The first kappa shape index (κ1) is 13.2. The summed E-state index contributed by atoms with van der Waals surface area (Å²) in [4.78, 5) is 4.62. The van der Waals surface area contributed by atoms with Gasteiger partial charge in [-0.25, -0.2) is 9.37 Å². The lowest BCUT2D eigenvalue weighted by molar-refractivity contribution is 0.567. The highest BCUT2D eigenvalue weighted by Gasteiger charge is 2.10. The van der Waals surface area contributed by atoms with Gasteiger partial charge in [0.25, 0.3) is 0 Å². The second-order valence-corrected chi connectivity index (χ2v) is 5.81. The Bertz CT molecular complexity index is 690. The van der Waals surface area contributed by atoms with E-state index in [-0.39, 0.29) is 11.9 Å². The maximum atomic E-state index is 13.1. The summed E-state index contributed by atoms with van der Waals surface area (Å²) in [6, 6.07) is 14.9. The van der Waals surface area contributed by atoms with Crippen molar-refractivity contribution in [2.45, 2.75) is 19.5 Å². The van der Waals surface area contributed by atoms with Gasteiger partial charge in [-0.3, -0.25) is 0 Å². The number of benzene rings is 2. The molecule has 1 heterocycles. The highest BCUT2D eigenvalue weighted by atomic mass is 32.1. The molecule has 2 aromatic carbocycles. The van der Waals surface area contributed by atoms with E-state index in [4.69, 9.17) is 0 Å². The topological polar surface area (TPSA) is 24.9 Å². The predicted molar refractivity (Wildman–Crippen MR) is 81.3 cm³/mol. The van der Waals surface area contributed by atoms with Gasteiger partial charge in [-0.05, 0) is 36.8 Å². The number of nitrogens with zero attached hydrogens (tertiary/aromatic N) is 1. The van der Waals surface area contributed by atoms with E-state index in [1.807, 2.05) is 24.3 Å². The summed E-state index contributed by atoms with van der Waals surface area (Å²) in [5.41, 5.74) is 1.98. The number of halogens is 1. The molecule has 0 aliphatic heterocycles. The highest BCUT2D eigenvalue weighted by Crippen LogP contribution is 2.26. The quantitative estimate of drug-likeness (QED) is 0.774. The van der Waals surface area contributed by atoms with Crippen LogP contribution in [0.2, 0.25) is 0 Å². The predicted octanol–water partition coefficient (Wildman–Crippen LogP) is 4.29. The van der Waals surface area contributed by atoms with E-state index in [9.17, 15) is 4.39 Å². The number of thiazole rings is 1. The Morgan fingerprint density at radius 3 is 2.85 bits per heavy atom. The minimum absolute atomic E-state index is 0.149. The molecule has 0 radical (unpaired) electrons. The van der Waals surface area contributed by atoms with E-state index in [0.29, 0.717) is 6.54 Å². The lowest BCUT2D eigenvalue weighted by atomic mass is 10.2. The molecular weight excluding hydrogens is 271 g/mol. The molecule has 0 saturated carbocycles. The van der Waals surface area contributed by atoms with Crippen molar-refractivity contribution in [2.75, 3.05) is 0 Å². The molecule has 0 aliphatic rings. The van der Waals surface area contributed by atoms with Crippen LogP contribution in [0.5, 0.6) is 0 Å². The van der Waals surface area contributed by atoms with Gasteiger partial charge in [-0.2, -0.15) is 0 Å². The third-order valence-corrected chi connectivity index (χ3v) is 4.40. The van der Waals surface area contributed by atoms with Crippen LogP contribution < -0.4 is 5.32 Å². The maximum absolute atomic E-state index is 13.1. The van der Waals surface area contributed by atoms with Crippen LogP contribution >= 0.6 is 11.3 Å². The van der Waals surface area contributed by atoms with E-state index in [1.165, 1.54) is 10.8 Å². The standard InChI is InChI=1S/C16H15FN2S/c1-11(18-10-12-5-4-6-13(17)9-12)16-19-14-7-2-3-8-15(14)20-16/h2-9,11,18H,10H2,1H3. The lowest BCUT2D eigenvalue weighted by Crippen LogP contribution is -2.17. The molecule has 1 aromatic heterocycles. The van der Waals surface area contributed by atoms with E-state index in [2.05, 4.69) is 23.3 Å². The van der Waals surface area contributed by atoms with Crippen LogP contribution in [-0.2, 0) is 6.54 Å². The SMILES string of the molecule is CC(NCc1cccc(F)c1)c1nc2ccccc2s1. The normalized spacial score (nSPS) is 12.7. The number of rotatable bonds is 4. The molecule has 1 N–H and O–H groups in total. The highest BCUT2D eigenvalue weighted by molar-refractivity contribution is 7.18. The zero-order valence-electron chi connectivity index (χ0n) is 11.1. The van der Waals surface area contributed by atoms with Crippen molar-refractivity contribution in [2.24, 2.45) is 0 Å². The van der Waals surface area contributed by atoms with E-state index >= 15 is 0 Å². The van der Waals surface area contributed by atoms with Crippen LogP contribution in [0.15, 0.2) is 48.5 Å². The number of fused-ring (bicyclic) bond motifs is 1. The van der Waals surface area contributed by atoms with Crippen LogP contribution in [0.1, 0.15) is 23.5 Å². The Kier molecular flexibility index (Phi) is 3.76. The first-order valence-corrected chi connectivity index (χ1v) is 7.37. The van der Waals surface area contributed by atoms with Gasteiger partial charge in [0.2, 0.25) is 0 Å². The molecule has 1 atom stereocenters. The molecule has 1 unspecified atom stereocenters. The van der Waals surface area contributed by atoms with Gasteiger partial charge in [0.1, 0.15) is 10.8 Å². The summed E-state index contributed by atoms with van der Waals surface area (Å²) in [5.74, 6) is -0.197. The van der Waals surface area contributed by atoms with Crippen molar-refractivity contribution >= 4 is 21.6 Å². The Morgan fingerprint density at radius 2 is 2.05 bits per heavy atom. The monoisotopic (exact) mass is 286 g/mol. The van der Waals surface area contributed by atoms with E-state index in [1.54, 1.807) is 23.5 Å². The summed E-state index contributed by atoms with van der Waals surface area (Å²) in [7, 11) is 0. The fourth-order valence-corrected chi connectivity index (χ4v) is 3.07. The molecule has 0 bridgehead atoms. The molecule has 2 nitrogen and oxygen atoms in total. The Morgan fingerprint density at radius 1 is 1.20 bits per heavy atom. The zero-order chi connectivity index (χ0) is 13.9. The van der Waals surface area contributed by atoms with E-state index in [0.717, 1.165) is 16.1 Å². The molecular formula is C16H15FN2S. The van der Waals surface area contributed by atoms with E-state index < -0.39 is 0 Å². The van der Waals surface area contributed by atoms with Gasteiger partial charge in [0.15, 0.2) is 0 Å². The van der Waals surface area contributed by atoms with Crippen LogP contribution in [0.3, 0.4) is 0 Å². The summed E-state index contributed by atoms with van der Waals surface area (Å²) in [5, 5.41) is 4.44. The van der Waals surface area contributed by atoms with Gasteiger partial charge < -0.3 is 5.32 Å². The first-order valence-electron chi connectivity index (χ1n) is 6.55. The minimum Gasteiger partial charge on any atom is -0.304 e. The van der Waals surface area contributed by atoms with Crippen molar-refractivity contribution in [3.05, 3.63) is 64.9 Å². The summed E-state index contributed by atoms with van der Waals surface area (Å²) in [6.45, 7) is 2.71.